The predicted octanol–water partition coefficient (Wildman–Crippen LogP) is 2.93. The van der Waals surface area contributed by atoms with E-state index in [-0.39, 0.29) is 49.1 Å². The van der Waals surface area contributed by atoms with Crippen LogP contribution in [0.15, 0.2) is 47.6 Å². The fourth-order valence-corrected chi connectivity index (χ4v) is 14.4. The molecule has 6 saturated heterocycles. The smallest absolute Gasteiger partial charge is 0.347 e. The van der Waals surface area contributed by atoms with Crippen LogP contribution < -0.4 is 0 Å². The van der Waals surface area contributed by atoms with Crippen molar-refractivity contribution in [2.75, 3.05) is 13.2 Å². The first-order valence-electron chi connectivity index (χ1n) is 28.8. The number of carbonyl (C=O) groups is 4. The van der Waals surface area contributed by atoms with Gasteiger partial charge in [-0.25, -0.2) is 9.59 Å². The number of allylic oxidation sites excluding steroid dienone is 2. The molecule has 22 atom stereocenters. The van der Waals surface area contributed by atoms with Crippen molar-refractivity contribution in [3.63, 3.8) is 0 Å². The van der Waals surface area contributed by atoms with Gasteiger partial charge in [0.05, 0.1) is 50.5 Å². The molecule has 20 nitrogen and oxygen atoms in total. The van der Waals surface area contributed by atoms with Crippen LogP contribution >= 0.6 is 0 Å². The van der Waals surface area contributed by atoms with E-state index in [2.05, 4.69) is 26.0 Å². The fraction of sp³-hybridized carbons (Fsp3) is 0.793. The standard InChI is InChI=1S/2C29H42O10/c2*1-3-4-5-6-7-8-9-10-20-16(2)11-19-18-12-17(36-26-25(34)24(33)23(32)21(15-30)37-26)13-28(18)14-22(31)29(19,38-20)27(35)39-28/h2*9-11,17-21,23-26,30,32-34H,3-8,12-15H2,1-2H3/b2*10-9+/t2*17-,18+,19+,20+,21-,23-,24+,25-,26-,28-,29+/m11/s1. The van der Waals surface area contributed by atoms with Gasteiger partial charge >= 0.3 is 11.9 Å². The molecule has 4 aliphatic carbocycles. The molecule has 0 unspecified atom stereocenters. The lowest BCUT2D eigenvalue weighted by Crippen LogP contribution is -2.73. The highest BCUT2D eigenvalue weighted by Crippen LogP contribution is 2.63. The lowest BCUT2D eigenvalue weighted by Gasteiger charge is -2.57. The highest BCUT2D eigenvalue weighted by atomic mass is 16.7. The summed E-state index contributed by atoms with van der Waals surface area (Å²) < 4.78 is 47.7. The Morgan fingerprint density at radius 2 is 0.936 bits per heavy atom. The van der Waals surface area contributed by atoms with E-state index >= 15 is 0 Å². The number of Topliss-reactive ketones (excluding diaryl/α,β-unsaturated/α-hetero) is 2. The first-order valence-corrected chi connectivity index (χ1v) is 28.8. The van der Waals surface area contributed by atoms with Crippen molar-refractivity contribution in [1.82, 2.24) is 0 Å². The van der Waals surface area contributed by atoms with Gasteiger partial charge in [0.1, 0.15) is 60.0 Å². The Balaban J connectivity index is 0.000000190. The number of unbranched alkanes of at least 4 members (excludes halogenated alkanes) is 10. The molecule has 12 rings (SSSR count). The summed E-state index contributed by atoms with van der Waals surface area (Å²) in [5.74, 6) is -3.34. The summed E-state index contributed by atoms with van der Waals surface area (Å²) in [5, 5.41) is 80.2. The van der Waals surface area contributed by atoms with Gasteiger partial charge in [0.2, 0.25) is 11.2 Å². The monoisotopic (exact) mass is 1100 g/mol. The van der Waals surface area contributed by atoms with Crippen LogP contribution in [0.4, 0.5) is 0 Å². The first kappa shape index (κ1) is 59.3. The number of carbonyl (C=O) groups excluding carboxylic acids is 4. The van der Waals surface area contributed by atoms with Gasteiger partial charge in [-0.3, -0.25) is 9.59 Å². The average Bonchev–Trinajstić information content (AvgIpc) is 4.15. The average molecular weight is 1100 g/mol. The van der Waals surface area contributed by atoms with Crippen molar-refractivity contribution in [1.29, 1.82) is 0 Å². The minimum atomic E-state index is -1.68. The topological polar surface area (TPSA) is 304 Å². The largest absolute Gasteiger partial charge is 0.456 e. The molecular weight excluding hydrogens is 1020 g/mol. The molecule has 8 heterocycles. The Morgan fingerprint density at radius 1 is 0.551 bits per heavy atom. The SMILES string of the molecule is CCCCCCC/C=C/[C@@H]1O[C@]23C(=O)C[C@@]4(C[C@H](O[C@@H]5O[C@H](CO)[C@@H](O)[C@H](O)[C@H]5O)C[C@H]4[C@@H]2C=C1C)OC3=O.CCCCCCC/C=C/[C@@H]1O[C@]23C(=O)C[C@@]4(C[C@H](O[C@@H]5O[C@H](CO)[C@@H](O)[C@H](O)[C@H]5O)C[C@H]4[C@@H]2C=C1C)OC3=O. The van der Waals surface area contributed by atoms with Crippen molar-refractivity contribution in [2.45, 2.75) is 252 Å². The first-order chi connectivity index (χ1) is 37.3. The number of rotatable bonds is 20. The van der Waals surface area contributed by atoms with E-state index in [9.17, 15) is 60.0 Å². The molecule has 436 valence electrons. The normalized spacial score (nSPS) is 45.3. The molecule has 8 aliphatic heterocycles. The van der Waals surface area contributed by atoms with E-state index in [0.29, 0.717) is 12.8 Å². The van der Waals surface area contributed by atoms with Gasteiger partial charge in [0.15, 0.2) is 24.1 Å². The quantitative estimate of drug-likeness (QED) is 0.0376. The summed E-state index contributed by atoms with van der Waals surface area (Å²) in [6.07, 6.45) is 11.0. The Kier molecular flexibility index (Phi) is 18.4. The van der Waals surface area contributed by atoms with Crippen molar-refractivity contribution in [3.05, 3.63) is 47.6 Å². The van der Waals surface area contributed by atoms with Crippen molar-refractivity contribution in [2.24, 2.45) is 23.7 Å². The highest BCUT2D eigenvalue weighted by molar-refractivity contribution is 6.12. The zero-order valence-corrected chi connectivity index (χ0v) is 45.5. The summed E-state index contributed by atoms with van der Waals surface area (Å²) in [6, 6.07) is 0. The number of hydrogen-bond acceptors (Lipinski definition) is 20. The minimum Gasteiger partial charge on any atom is -0.456 e. The molecular formula is C58H84O20. The molecule has 10 fully saturated rings. The summed E-state index contributed by atoms with van der Waals surface area (Å²) in [4.78, 5) is 53.8. The maximum atomic E-state index is 13.5. The highest BCUT2D eigenvalue weighted by Gasteiger charge is 2.77. The van der Waals surface area contributed by atoms with E-state index in [0.717, 1.165) is 36.8 Å². The van der Waals surface area contributed by atoms with Gasteiger partial charge < -0.3 is 78.7 Å². The second-order valence-corrected chi connectivity index (χ2v) is 23.8. The molecule has 0 aromatic carbocycles. The maximum Gasteiger partial charge on any atom is 0.347 e. The molecule has 4 saturated carbocycles. The molecule has 0 radical (unpaired) electrons. The molecule has 8 N–H and O–H groups in total. The number of hydrogen-bond donors (Lipinski definition) is 8. The van der Waals surface area contributed by atoms with E-state index in [1.807, 2.05) is 38.2 Å². The van der Waals surface area contributed by atoms with Gasteiger partial charge in [0.25, 0.3) is 0 Å². The Hall–Kier alpha value is -3.32. The lowest BCUT2D eigenvalue weighted by molar-refractivity contribution is -0.311. The number of aliphatic hydroxyl groups excluding tert-OH is 8. The van der Waals surface area contributed by atoms with E-state index in [4.69, 9.17) is 37.9 Å². The number of ether oxygens (including phenoxy) is 8. The molecule has 4 spiro atoms. The van der Waals surface area contributed by atoms with Crippen LogP contribution in [-0.4, -0.2) is 186 Å². The van der Waals surface area contributed by atoms with Gasteiger partial charge in [0, 0.05) is 36.5 Å². The Morgan fingerprint density at radius 3 is 1.29 bits per heavy atom. The van der Waals surface area contributed by atoms with E-state index in [1.54, 1.807) is 0 Å². The summed E-state index contributed by atoms with van der Waals surface area (Å²) >= 11 is 0. The molecule has 12 aliphatic rings. The van der Waals surface area contributed by atoms with E-state index < -0.39 is 145 Å². The number of fused-ring (bicyclic) bond motifs is 4. The van der Waals surface area contributed by atoms with Crippen molar-refractivity contribution < 1.29 is 97.9 Å². The molecule has 0 aromatic heterocycles. The van der Waals surface area contributed by atoms with Crippen molar-refractivity contribution in [3.8, 4) is 0 Å². The summed E-state index contributed by atoms with van der Waals surface area (Å²) in [5.41, 5.74) is -3.56. The van der Waals surface area contributed by atoms with Crippen LogP contribution in [0.1, 0.15) is 143 Å². The van der Waals surface area contributed by atoms with Crippen LogP contribution in [0, 0.1) is 23.7 Å². The lowest BCUT2D eigenvalue weighted by atomic mass is 9.58. The third kappa shape index (κ3) is 10.7. The van der Waals surface area contributed by atoms with E-state index in [1.165, 1.54) is 51.4 Å². The molecule has 78 heavy (non-hydrogen) atoms. The van der Waals surface area contributed by atoms with Crippen molar-refractivity contribution >= 4 is 23.5 Å². The van der Waals surface area contributed by atoms with Gasteiger partial charge in [-0.2, -0.15) is 0 Å². The fourth-order valence-electron chi connectivity index (χ4n) is 14.4. The molecule has 0 aromatic rings. The zero-order chi connectivity index (χ0) is 55.9. The summed E-state index contributed by atoms with van der Waals surface area (Å²) in [6.45, 7) is 7.15. The van der Waals surface area contributed by atoms with Gasteiger partial charge in [-0.1, -0.05) is 102 Å². The molecule has 4 bridgehead atoms. The van der Waals surface area contributed by atoms with Gasteiger partial charge in [-0.15, -0.1) is 0 Å². The second kappa shape index (κ2) is 24.3. The van der Waals surface area contributed by atoms with Gasteiger partial charge in [-0.05, 0) is 63.5 Å². The zero-order valence-electron chi connectivity index (χ0n) is 45.5. The molecule has 0 amide bonds. The Labute approximate surface area is 456 Å². The van der Waals surface area contributed by atoms with Crippen LogP contribution in [0.2, 0.25) is 0 Å². The number of aliphatic hydroxyl groups is 8. The predicted molar refractivity (Wildman–Crippen MR) is 274 cm³/mol. The van der Waals surface area contributed by atoms with Crippen LogP contribution in [0.3, 0.4) is 0 Å². The van der Waals surface area contributed by atoms with Crippen LogP contribution in [0.25, 0.3) is 0 Å². The van der Waals surface area contributed by atoms with Crippen LogP contribution in [-0.2, 0) is 57.1 Å². The maximum absolute atomic E-state index is 13.5. The third-order valence-corrected chi connectivity index (χ3v) is 18.6. The second-order valence-electron chi connectivity index (χ2n) is 23.8. The number of ketones is 2. The number of esters is 2. The Bertz CT molecular complexity index is 2100. The van der Waals surface area contributed by atoms with Crippen LogP contribution in [0.5, 0.6) is 0 Å². The summed E-state index contributed by atoms with van der Waals surface area (Å²) in [7, 11) is 0. The molecule has 20 heteroatoms. The minimum absolute atomic E-state index is 0.0230. The third-order valence-electron chi connectivity index (χ3n) is 18.6.